The van der Waals surface area contributed by atoms with Gasteiger partial charge in [-0.3, -0.25) is 4.79 Å². The number of hydrogen-bond acceptors (Lipinski definition) is 3. The summed E-state index contributed by atoms with van der Waals surface area (Å²) in [6.45, 7) is 0. The Labute approximate surface area is 143 Å². The first kappa shape index (κ1) is 16.7. The zero-order valence-electron chi connectivity index (χ0n) is 11.5. The van der Waals surface area contributed by atoms with Crippen LogP contribution in [-0.4, -0.2) is 11.7 Å². The molecule has 3 nitrogen and oxygen atoms in total. The van der Waals surface area contributed by atoms with Gasteiger partial charge in [0.15, 0.2) is 0 Å². The number of rotatable bonds is 5. The Bertz CT molecular complexity index is 711. The van der Waals surface area contributed by atoms with Crippen molar-refractivity contribution in [1.82, 2.24) is 0 Å². The quantitative estimate of drug-likeness (QED) is 0.773. The average Bonchev–Trinajstić information content (AvgIpc) is 2.49. The monoisotopic (exact) mass is 350 g/mol. The van der Waals surface area contributed by atoms with Crippen LogP contribution in [0.3, 0.4) is 0 Å². The summed E-state index contributed by atoms with van der Waals surface area (Å²) >= 11 is 13.3. The van der Waals surface area contributed by atoms with E-state index >= 15 is 0 Å². The fourth-order valence-electron chi connectivity index (χ4n) is 1.70. The number of carbonyl (C=O) groups excluding carboxylic acids is 1. The molecule has 0 heterocycles. The van der Waals surface area contributed by atoms with Crippen molar-refractivity contribution >= 4 is 46.6 Å². The van der Waals surface area contributed by atoms with Crippen molar-refractivity contribution in [2.75, 3.05) is 11.1 Å². The van der Waals surface area contributed by atoms with E-state index in [1.807, 2.05) is 30.3 Å². The van der Waals surface area contributed by atoms with E-state index < -0.39 is 0 Å². The number of benzene rings is 2. The lowest BCUT2D eigenvalue weighted by Gasteiger charge is -2.06. The molecule has 0 unspecified atom stereocenters. The molecule has 0 aliphatic rings. The van der Waals surface area contributed by atoms with Crippen molar-refractivity contribution in [2.24, 2.45) is 0 Å². The Morgan fingerprint density at radius 2 is 1.91 bits per heavy atom. The lowest BCUT2D eigenvalue weighted by Crippen LogP contribution is -2.12. The number of anilines is 1. The zero-order chi connectivity index (χ0) is 15.9. The first-order valence-corrected chi connectivity index (χ1v) is 8.20. The molecule has 1 amide bonds. The van der Waals surface area contributed by atoms with Crippen LogP contribution in [0.15, 0.2) is 47.4 Å². The van der Waals surface area contributed by atoms with Crippen LogP contribution in [0.5, 0.6) is 0 Å². The molecule has 0 spiro atoms. The van der Waals surface area contributed by atoms with E-state index in [0.717, 1.165) is 4.90 Å². The standard InChI is InChI=1S/C16H12Cl2N2OS/c17-12-2-5-14(6-3-12)22-8-7-16(21)20-13-4-1-11(10-19)15(18)9-13/h1-6,9H,7-8H2,(H,20,21). The summed E-state index contributed by atoms with van der Waals surface area (Å²) in [6, 6.07) is 14.3. The van der Waals surface area contributed by atoms with E-state index in [1.165, 1.54) is 0 Å². The Hall–Kier alpha value is -1.67. The Balaban J connectivity index is 1.82. The fraction of sp³-hybridized carbons (Fsp3) is 0.125. The predicted molar refractivity (Wildman–Crippen MR) is 91.6 cm³/mol. The molecule has 22 heavy (non-hydrogen) atoms. The van der Waals surface area contributed by atoms with E-state index in [1.54, 1.807) is 30.0 Å². The molecule has 2 rings (SSSR count). The molecule has 1 N–H and O–H groups in total. The van der Waals surface area contributed by atoms with Gasteiger partial charge in [0.05, 0.1) is 10.6 Å². The van der Waals surface area contributed by atoms with Gasteiger partial charge in [0.2, 0.25) is 5.91 Å². The molecule has 2 aromatic rings. The lowest BCUT2D eigenvalue weighted by molar-refractivity contribution is -0.115. The highest BCUT2D eigenvalue weighted by Crippen LogP contribution is 2.22. The Morgan fingerprint density at radius 3 is 2.55 bits per heavy atom. The number of thioether (sulfide) groups is 1. The van der Waals surface area contributed by atoms with Gasteiger partial charge in [-0.2, -0.15) is 5.26 Å². The third kappa shape index (κ3) is 4.96. The van der Waals surface area contributed by atoms with E-state index in [9.17, 15) is 4.79 Å². The zero-order valence-corrected chi connectivity index (χ0v) is 13.8. The molecule has 6 heteroatoms. The van der Waals surface area contributed by atoms with Crippen LogP contribution in [0, 0.1) is 11.3 Å². The van der Waals surface area contributed by atoms with E-state index in [0.29, 0.717) is 33.5 Å². The van der Waals surface area contributed by atoms with Gasteiger partial charge in [-0.15, -0.1) is 11.8 Å². The normalized spacial score (nSPS) is 10.0. The van der Waals surface area contributed by atoms with Crippen molar-refractivity contribution in [3.8, 4) is 6.07 Å². The van der Waals surface area contributed by atoms with Crippen LogP contribution in [0.1, 0.15) is 12.0 Å². The van der Waals surface area contributed by atoms with Crippen molar-refractivity contribution in [2.45, 2.75) is 11.3 Å². The minimum atomic E-state index is -0.0952. The second kappa shape index (κ2) is 8.09. The third-order valence-corrected chi connectivity index (χ3v) is 4.36. The van der Waals surface area contributed by atoms with E-state index in [-0.39, 0.29) is 5.91 Å². The summed E-state index contributed by atoms with van der Waals surface area (Å²) in [5, 5.41) is 12.6. The van der Waals surface area contributed by atoms with Gasteiger partial charge < -0.3 is 5.32 Å². The predicted octanol–water partition coefficient (Wildman–Crippen LogP) is 4.99. The van der Waals surface area contributed by atoms with Gasteiger partial charge >= 0.3 is 0 Å². The van der Waals surface area contributed by atoms with Crippen molar-refractivity contribution in [3.63, 3.8) is 0 Å². The lowest BCUT2D eigenvalue weighted by atomic mass is 10.2. The van der Waals surface area contributed by atoms with Gasteiger partial charge in [-0.05, 0) is 42.5 Å². The third-order valence-electron chi connectivity index (χ3n) is 2.78. The summed E-state index contributed by atoms with van der Waals surface area (Å²) in [5.41, 5.74) is 0.975. The summed E-state index contributed by atoms with van der Waals surface area (Å²) in [4.78, 5) is 12.9. The SMILES string of the molecule is N#Cc1ccc(NC(=O)CCSc2ccc(Cl)cc2)cc1Cl. The highest BCUT2D eigenvalue weighted by atomic mass is 35.5. The molecule has 0 saturated heterocycles. The molecule has 2 aromatic carbocycles. The molecule has 0 fully saturated rings. The molecule has 0 aromatic heterocycles. The molecule has 0 aliphatic carbocycles. The minimum Gasteiger partial charge on any atom is -0.326 e. The number of carbonyl (C=O) groups is 1. The smallest absolute Gasteiger partial charge is 0.225 e. The molecule has 0 atom stereocenters. The highest BCUT2D eigenvalue weighted by Gasteiger charge is 2.06. The van der Waals surface area contributed by atoms with Gasteiger partial charge in [0.25, 0.3) is 0 Å². The van der Waals surface area contributed by atoms with Gasteiger partial charge in [-0.1, -0.05) is 23.2 Å². The number of hydrogen-bond donors (Lipinski definition) is 1. The van der Waals surface area contributed by atoms with Crippen LogP contribution >= 0.6 is 35.0 Å². The van der Waals surface area contributed by atoms with Gasteiger partial charge in [0, 0.05) is 27.8 Å². The molecule has 0 bridgehead atoms. The summed E-state index contributed by atoms with van der Waals surface area (Å²) < 4.78 is 0. The summed E-state index contributed by atoms with van der Waals surface area (Å²) in [5.74, 6) is 0.569. The van der Waals surface area contributed by atoms with Crippen LogP contribution in [0.4, 0.5) is 5.69 Å². The number of nitriles is 1. The van der Waals surface area contributed by atoms with Crippen molar-refractivity contribution in [1.29, 1.82) is 5.26 Å². The first-order valence-electron chi connectivity index (χ1n) is 6.46. The maximum Gasteiger partial charge on any atom is 0.225 e. The second-order valence-electron chi connectivity index (χ2n) is 4.41. The minimum absolute atomic E-state index is 0.0952. The molecule has 0 aliphatic heterocycles. The van der Waals surface area contributed by atoms with E-state index in [4.69, 9.17) is 28.5 Å². The Kier molecular flexibility index (Phi) is 6.14. The average molecular weight is 351 g/mol. The maximum absolute atomic E-state index is 11.9. The number of nitrogens with one attached hydrogen (secondary N) is 1. The molecule has 0 radical (unpaired) electrons. The van der Waals surface area contributed by atoms with Gasteiger partial charge in [0.1, 0.15) is 6.07 Å². The van der Waals surface area contributed by atoms with Crippen LogP contribution in [0.2, 0.25) is 10.0 Å². The summed E-state index contributed by atoms with van der Waals surface area (Å²) in [6.07, 6.45) is 0.380. The number of halogens is 2. The highest BCUT2D eigenvalue weighted by molar-refractivity contribution is 7.99. The largest absolute Gasteiger partial charge is 0.326 e. The Morgan fingerprint density at radius 1 is 1.18 bits per heavy atom. The van der Waals surface area contributed by atoms with E-state index in [2.05, 4.69) is 5.32 Å². The molecular weight excluding hydrogens is 339 g/mol. The number of nitrogens with zero attached hydrogens (tertiary/aromatic N) is 1. The van der Waals surface area contributed by atoms with Gasteiger partial charge in [-0.25, -0.2) is 0 Å². The van der Waals surface area contributed by atoms with Crippen molar-refractivity contribution in [3.05, 3.63) is 58.1 Å². The first-order chi connectivity index (χ1) is 10.6. The topological polar surface area (TPSA) is 52.9 Å². The second-order valence-corrected chi connectivity index (χ2v) is 6.42. The number of amides is 1. The molecule has 112 valence electrons. The molecular formula is C16H12Cl2N2OS. The maximum atomic E-state index is 11.9. The fourth-order valence-corrected chi connectivity index (χ4v) is 2.90. The molecule has 0 saturated carbocycles. The summed E-state index contributed by atoms with van der Waals surface area (Å²) in [7, 11) is 0. The van der Waals surface area contributed by atoms with Crippen LogP contribution in [-0.2, 0) is 4.79 Å². The van der Waals surface area contributed by atoms with Crippen LogP contribution < -0.4 is 5.32 Å². The van der Waals surface area contributed by atoms with Crippen LogP contribution in [0.25, 0.3) is 0 Å². The van der Waals surface area contributed by atoms with Crippen molar-refractivity contribution < 1.29 is 4.79 Å².